The van der Waals surface area contributed by atoms with Crippen LogP contribution >= 0.6 is 0 Å². The standard InChI is InChI=1S/C13H17FN2/c1-10(2)13(16-5-3-4-6-16)11-7-12(14)9-15-8-11/h7-9,13H,1,3-6H2,2H3. The molecule has 86 valence electrons. The molecular formula is C13H17FN2. The predicted molar refractivity (Wildman–Crippen MR) is 62.6 cm³/mol. The highest BCUT2D eigenvalue weighted by atomic mass is 19.1. The fraction of sp³-hybridized carbons (Fsp3) is 0.462. The molecule has 2 rings (SSSR count). The monoisotopic (exact) mass is 220 g/mol. The van der Waals surface area contributed by atoms with E-state index < -0.39 is 0 Å². The first-order chi connectivity index (χ1) is 7.68. The third-order valence-electron chi connectivity index (χ3n) is 3.01. The smallest absolute Gasteiger partial charge is 0.141 e. The van der Waals surface area contributed by atoms with Crippen LogP contribution in [0.5, 0.6) is 0 Å². The second-order valence-corrected chi connectivity index (χ2v) is 4.43. The van der Waals surface area contributed by atoms with Crippen LogP contribution in [0.4, 0.5) is 4.39 Å². The number of pyridine rings is 1. The average Bonchev–Trinajstić information content (AvgIpc) is 2.71. The first-order valence-corrected chi connectivity index (χ1v) is 5.68. The molecule has 16 heavy (non-hydrogen) atoms. The van der Waals surface area contributed by atoms with Crippen LogP contribution in [0.2, 0.25) is 0 Å². The number of aromatic nitrogens is 1. The van der Waals surface area contributed by atoms with E-state index >= 15 is 0 Å². The molecule has 2 nitrogen and oxygen atoms in total. The van der Waals surface area contributed by atoms with Crippen LogP contribution in [0.15, 0.2) is 30.6 Å². The molecule has 0 radical (unpaired) electrons. The molecule has 0 spiro atoms. The molecular weight excluding hydrogens is 203 g/mol. The lowest BCUT2D eigenvalue weighted by Crippen LogP contribution is -2.26. The normalized spacial score (nSPS) is 18.6. The second-order valence-electron chi connectivity index (χ2n) is 4.43. The van der Waals surface area contributed by atoms with Gasteiger partial charge in [0.2, 0.25) is 0 Å². The SMILES string of the molecule is C=C(C)C(c1cncc(F)c1)N1CCCC1. The van der Waals surface area contributed by atoms with E-state index in [0.29, 0.717) is 0 Å². The molecule has 3 heteroatoms. The Labute approximate surface area is 95.8 Å². The van der Waals surface area contributed by atoms with E-state index in [9.17, 15) is 4.39 Å². The van der Waals surface area contributed by atoms with Crippen molar-refractivity contribution in [3.63, 3.8) is 0 Å². The van der Waals surface area contributed by atoms with Gasteiger partial charge >= 0.3 is 0 Å². The van der Waals surface area contributed by atoms with Gasteiger partial charge in [-0.05, 0) is 44.5 Å². The van der Waals surface area contributed by atoms with Gasteiger partial charge in [0.25, 0.3) is 0 Å². The van der Waals surface area contributed by atoms with Crippen molar-refractivity contribution in [2.75, 3.05) is 13.1 Å². The van der Waals surface area contributed by atoms with E-state index in [2.05, 4.69) is 16.5 Å². The van der Waals surface area contributed by atoms with Gasteiger partial charge in [0, 0.05) is 6.20 Å². The Morgan fingerprint density at radius 3 is 2.69 bits per heavy atom. The molecule has 1 unspecified atom stereocenters. The molecule has 1 aromatic rings. The number of hydrogen-bond donors (Lipinski definition) is 0. The lowest BCUT2D eigenvalue weighted by molar-refractivity contribution is 0.276. The van der Waals surface area contributed by atoms with Gasteiger partial charge in [0.15, 0.2) is 0 Å². The van der Waals surface area contributed by atoms with E-state index in [1.165, 1.54) is 19.0 Å². The van der Waals surface area contributed by atoms with Gasteiger partial charge < -0.3 is 0 Å². The van der Waals surface area contributed by atoms with Crippen LogP contribution in [-0.2, 0) is 0 Å². The molecule has 2 heterocycles. The molecule has 1 atom stereocenters. The maximum absolute atomic E-state index is 13.2. The van der Waals surface area contributed by atoms with Gasteiger partial charge in [-0.3, -0.25) is 9.88 Å². The summed E-state index contributed by atoms with van der Waals surface area (Å²) in [5, 5.41) is 0. The molecule has 1 aliphatic rings. The average molecular weight is 220 g/mol. The third-order valence-corrected chi connectivity index (χ3v) is 3.01. The maximum atomic E-state index is 13.2. The first kappa shape index (κ1) is 11.3. The van der Waals surface area contributed by atoms with Crippen molar-refractivity contribution in [3.8, 4) is 0 Å². The zero-order valence-corrected chi connectivity index (χ0v) is 9.62. The lowest BCUT2D eigenvalue weighted by Gasteiger charge is -2.28. The van der Waals surface area contributed by atoms with Gasteiger partial charge in [-0.2, -0.15) is 0 Å². The highest BCUT2D eigenvalue weighted by molar-refractivity contribution is 5.24. The number of likely N-dealkylation sites (tertiary alicyclic amines) is 1. The Bertz CT molecular complexity index is 383. The number of hydrogen-bond acceptors (Lipinski definition) is 2. The van der Waals surface area contributed by atoms with Crippen molar-refractivity contribution >= 4 is 0 Å². The summed E-state index contributed by atoms with van der Waals surface area (Å²) in [6.07, 6.45) is 5.41. The Kier molecular flexibility index (Phi) is 3.34. The Morgan fingerprint density at radius 2 is 2.12 bits per heavy atom. The zero-order valence-electron chi connectivity index (χ0n) is 9.62. The van der Waals surface area contributed by atoms with Gasteiger partial charge in [-0.15, -0.1) is 0 Å². The summed E-state index contributed by atoms with van der Waals surface area (Å²) >= 11 is 0. The minimum Gasteiger partial charge on any atom is -0.293 e. The van der Waals surface area contributed by atoms with E-state index in [0.717, 1.165) is 24.2 Å². The largest absolute Gasteiger partial charge is 0.293 e. The Hall–Kier alpha value is -1.22. The molecule has 1 fully saturated rings. The summed E-state index contributed by atoms with van der Waals surface area (Å²) in [5.41, 5.74) is 1.96. The Morgan fingerprint density at radius 1 is 1.44 bits per heavy atom. The summed E-state index contributed by atoms with van der Waals surface area (Å²) < 4.78 is 13.2. The second kappa shape index (κ2) is 4.74. The molecule has 1 saturated heterocycles. The number of nitrogens with zero attached hydrogens (tertiary/aromatic N) is 2. The zero-order chi connectivity index (χ0) is 11.5. The molecule has 0 aliphatic carbocycles. The third kappa shape index (κ3) is 2.30. The fourth-order valence-electron chi connectivity index (χ4n) is 2.38. The minimum atomic E-state index is -0.275. The van der Waals surface area contributed by atoms with Crippen molar-refractivity contribution in [2.45, 2.75) is 25.8 Å². The quantitative estimate of drug-likeness (QED) is 0.728. The van der Waals surface area contributed by atoms with Gasteiger partial charge in [-0.1, -0.05) is 12.2 Å². The highest BCUT2D eigenvalue weighted by Gasteiger charge is 2.24. The summed E-state index contributed by atoms with van der Waals surface area (Å²) in [4.78, 5) is 6.26. The molecule has 0 N–H and O–H groups in total. The highest BCUT2D eigenvalue weighted by Crippen LogP contribution is 2.30. The number of halogens is 1. The summed E-state index contributed by atoms with van der Waals surface area (Å²) in [7, 11) is 0. The van der Waals surface area contributed by atoms with Crippen LogP contribution in [0.3, 0.4) is 0 Å². The van der Waals surface area contributed by atoms with Crippen molar-refractivity contribution in [3.05, 3.63) is 42.0 Å². The van der Waals surface area contributed by atoms with E-state index in [4.69, 9.17) is 0 Å². The maximum Gasteiger partial charge on any atom is 0.141 e. The summed E-state index contributed by atoms with van der Waals surface area (Å²) in [6.45, 7) is 8.14. The predicted octanol–water partition coefficient (Wildman–Crippen LogP) is 2.93. The molecule has 0 amide bonds. The van der Waals surface area contributed by atoms with E-state index in [1.807, 2.05) is 6.92 Å². The fourth-order valence-corrected chi connectivity index (χ4v) is 2.38. The van der Waals surface area contributed by atoms with Crippen molar-refractivity contribution in [1.29, 1.82) is 0 Å². The van der Waals surface area contributed by atoms with Gasteiger partial charge in [-0.25, -0.2) is 4.39 Å². The van der Waals surface area contributed by atoms with E-state index in [1.54, 1.807) is 12.3 Å². The lowest BCUT2D eigenvalue weighted by atomic mass is 10.0. The van der Waals surface area contributed by atoms with Crippen LogP contribution in [0, 0.1) is 5.82 Å². The van der Waals surface area contributed by atoms with E-state index in [-0.39, 0.29) is 11.9 Å². The van der Waals surface area contributed by atoms with Crippen LogP contribution < -0.4 is 0 Å². The first-order valence-electron chi connectivity index (χ1n) is 5.68. The topological polar surface area (TPSA) is 16.1 Å². The minimum absolute atomic E-state index is 0.116. The molecule has 0 bridgehead atoms. The van der Waals surface area contributed by atoms with Gasteiger partial charge in [0.05, 0.1) is 12.2 Å². The van der Waals surface area contributed by atoms with Crippen LogP contribution in [0.1, 0.15) is 31.4 Å². The Balaban J connectivity index is 2.28. The van der Waals surface area contributed by atoms with Crippen molar-refractivity contribution in [2.24, 2.45) is 0 Å². The van der Waals surface area contributed by atoms with Gasteiger partial charge in [0.1, 0.15) is 5.82 Å². The molecule has 0 aromatic carbocycles. The molecule has 0 saturated carbocycles. The van der Waals surface area contributed by atoms with Crippen LogP contribution in [-0.4, -0.2) is 23.0 Å². The number of rotatable bonds is 3. The van der Waals surface area contributed by atoms with Crippen molar-refractivity contribution < 1.29 is 4.39 Å². The van der Waals surface area contributed by atoms with Crippen LogP contribution in [0.25, 0.3) is 0 Å². The molecule has 1 aromatic heterocycles. The molecule has 1 aliphatic heterocycles. The van der Waals surface area contributed by atoms with Crippen molar-refractivity contribution in [1.82, 2.24) is 9.88 Å². The summed E-state index contributed by atoms with van der Waals surface area (Å²) in [6, 6.07) is 1.68. The summed E-state index contributed by atoms with van der Waals surface area (Å²) in [5.74, 6) is -0.275.